The molecular weight excluding hydrogens is 322 g/mol. The second kappa shape index (κ2) is 7.20. The number of hydrogen-bond donors (Lipinski definition) is 0. The average molecular weight is 345 g/mol. The Morgan fingerprint density at radius 3 is 2.23 bits per heavy atom. The van der Waals surface area contributed by atoms with Crippen molar-refractivity contribution in [2.24, 2.45) is 0 Å². The molecule has 132 valence electrons. The van der Waals surface area contributed by atoms with E-state index in [1.54, 1.807) is 7.11 Å². The maximum Gasteiger partial charge on any atom is 0.254 e. The van der Waals surface area contributed by atoms with Gasteiger partial charge in [0, 0.05) is 24.0 Å². The minimum Gasteiger partial charge on any atom is -0.496 e. The Morgan fingerprint density at radius 1 is 0.885 bits per heavy atom. The molecule has 4 rings (SSSR count). The molecule has 1 aliphatic rings. The molecule has 1 aliphatic heterocycles. The van der Waals surface area contributed by atoms with Crippen LogP contribution in [0.25, 0.3) is 10.8 Å². The zero-order valence-electron chi connectivity index (χ0n) is 15.0. The van der Waals surface area contributed by atoms with Crippen molar-refractivity contribution in [2.75, 3.05) is 20.2 Å². The minimum absolute atomic E-state index is 0.121. The summed E-state index contributed by atoms with van der Waals surface area (Å²) in [4.78, 5) is 15.1. The lowest BCUT2D eigenvalue weighted by Gasteiger charge is -2.32. The van der Waals surface area contributed by atoms with Gasteiger partial charge >= 0.3 is 0 Å². The highest BCUT2D eigenvalue weighted by Gasteiger charge is 2.25. The van der Waals surface area contributed by atoms with Crippen LogP contribution in [0.4, 0.5) is 0 Å². The van der Waals surface area contributed by atoms with E-state index in [0.717, 1.165) is 48.0 Å². The van der Waals surface area contributed by atoms with E-state index in [-0.39, 0.29) is 5.91 Å². The molecule has 0 spiro atoms. The van der Waals surface area contributed by atoms with Gasteiger partial charge in [0.25, 0.3) is 5.91 Å². The second-order valence-electron chi connectivity index (χ2n) is 6.84. The van der Waals surface area contributed by atoms with Crippen molar-refractivity contribution in [2.45, 2.75) is 18.8 Å². The first kappa shape index (κ1) is 16.6. The topological polar surface area (TPSA) is 29.5 Å². The van der Waals surface area contributed by atoms with Crippen LogP contribution in [0.15, 0.2) is 66.7 Å². The zero-order chi connectivity index (χ0) is 17.9. The molecule has 0 unspecified atom stereocenters. The molecule has 0 saturated carbocycles. The van der Waals surface area contributed by atoms with E-state index < -0.39 is 0 Å². The summed E-state index contributed by atoms with van der Waals surface area (Å²) in [6, 6.07) is 22.4. The summed E-state index contributed by atoms with van der Waals surface area (Å²) in [6.45, 7) is 1.61. The summed E-state index contributed by atoms with van der Waals surface area (Å²) in [6.07, 6.45) is 2.04. The highest BCUT2D eigenvalue weighted by atomic mass is 16.5. The van der Waals surface area contributed by atoms with Gasteiger partial charge in [-0.25, -0.2) is 0 Å². The van der Waals surface area contributed by atoms with Gasteiger partial charge in [-0.1, -0.05) is 54.6 Å². The molecule has 0 N–H and O–H groups in total. The summed E-state index contributed by atoms with van der Waals surface area (Å²) < 4.78 is 5.45. The fourth-order valence-electron chi connectivity index (χ4n) is 3.95. The number of benzene rings is 3. The smallest absolute Gasteiger partial charge is 0.254 e. The average Bonchev–Trinajstić information content (AvgIpc) is 2.73. The number of carbonyl (C=O) groups excluding carboxylic acids is 1. The largest absolute Gasteiger partial charge is 0.496 e. The van der Waals surface area contributed by atoms with E-state index in [2.05, 4.69) is 30.3 Å². The van der Waals surface area contributed by atoms with Crippen molar-refractivity contribution in [3.8, 4) is 5.75 Å². The van der Waals surface area contributed by atoms with Crippen molar-refractivity contribution >= 4 is 16.7 Å². The molecule has 1 saturated heterocycles. The van der Waals surface area contributed by atoms with Crippen LogP contribution in [-0.2, 0) is 0 Å². The summed E-state index contributed by atoms with van der Waals surface area (Å²) in [7, 11) is 1.66. The first-order chi connectivity index (χ1) is 12.8. The molecule has 1 fully saturated rings. The van der Waals surface area contributed by atoms with Gasteiger partial charge in [0.15, 0.2) is 0 Å². The molecule has 26 heavy (non-hydrogen) atoms. The Bertz CT molecular complexity index is 912. The van der Waals surface area contributed by atoms with Gasteiger partial charge in [-0.05, 0) is 41.8 Å². The maximum atomic E-state index is 13.1. The van der Waals surface area contributed by atoms with Crippen LogP contribution in [0.1, 0.15) is 34.7 Å². The van der Waals surface area contributed by atoms with Crippen LogP contribution in [0, 0.1) is 0 Å². The minimum atomic E-state index is 0.121. The van der Waals surface area contributed by atoms with Crippen LogP contribution in [0.2, 0.25) is 0 Å². The van der Waals surface area contributed by atoms with Crippen LogP contribution in [0.5, 0.6) is 5.75 Å². The Hall–Kier alpha value is -2.81. The summed E-state index contributed by atoms with van der Waals surface area (Å²) in [5, 5.41) is 1.95. The second-order valence-corrected chi connectivity index (χ2v) is 6.84. The van der Waals surface area contributed by atoms with E-state index in [0.29, 0.717) is 5.92 Å². The molecular formula is C23H23NO2. The molecule has 3 aromatic carbocycles. The fraction of sp³-hybridized carbons (Fsp3) is 0.261. The van der Waals surface area contributed by atoms with Gasteiger partial charge in [0.2, 0.25) is 0 Å². The number of nitrogens with zero attached hydrogens (tertiary/aromatic N) is 1. The molecule has 3 nitrogen and oxygen atoms in total. The van der Waals surface area contributed by atoms with Crippen LogP contribution >= 0.6 is 0 Å². The van der Waals surface area contributed by atoms with Crippen molar-refractivity contribution < 1.29 is 9.53 Å². The number of rotatable bonds is 3. The van der Waals surface area contributed by atoms with Crippen molar-refractivity contribution in [1.82, 2.24) is 4.90 Å². The Kier molecular flexibility index (Phi) is 4.61. The monoisotopic (exact) mass is 345 g/mol. The number of amides is 1. The van der Waals surface area contributed by atoms with Gasteiger partial charge in [0.05, 0.1) is 7.11 Å². The lowest BCUT2D eigenvalue weighted by atomic mass is 9.89. The Balaban J connectivity index is 1.55. The number of likely N-dealkylation sites (tertiary alicyclic amines) is 1. The van der Waals surface area contributed by atoms with Crippen molar-refractivity contribution in [3.05, 3.63) is 77.9 Å². The van der Waals surface area contributed by atoms with E-state index in [1.807, 2.05) is 41.3 Å². The van der Waals surface area contributed by atoms with E-state index in [9.17, 15) is 4.79 Å². The molecule has 3 heteroatoms. The first-order valence-corrected chi connectivity index (χ1v) is 9.18. The van der Waals surface area contributed by atoms with Gasteiger partial charge in [-0.2, -0.15) is 0 Å². The van der Waals surface area contributed by atoms with Gasteiger partial charge < -0.3 is 9.64 Å². The number of carbonyl (C=O) groups is 1. The zero-order valence-corrected chi connectivity index (χ0v) is 15.0. The number of hydrogen-bond acceptors (Lipinski definition) is 2. The molecule has 0 bridgehead atoms. The molecule has 1 amide bonds. The molecule has 0 radical (unpaired) electrons. The van der Waals surface area contributed by atoms with Crippen LogP contribution in [0.3, 0.4) is 0 Å². The van der Waals surface area contributed by atoms with Gasteiger partial charge in [0.1, 0.15) is 5.75 Å². The van der Waals surface area contributed by atoms with Crippen LogP contribution in [-0.4, -0.2) is 31.0 Å². The predicted molar refractivity (Wildman–Crippen MR) is 105 cm³/mol. The highest BCUT2D eigenvalue weighted by molar-refractivity contribution is 6.08. The quantitative estimate of drug-likeness (QED) is 0.678. The van der Waals surface area contributed by atoms with E-state index in [1.165, 1.54) is 5.56 Å². The standard InChI is InChI=1S/C23H23NO2/c1-26-22-12-11-21(19-9-5-6-10-20(19)22)23(25)24-15-13-18(14-16-24)17-7-3-2-4-8-17/h2-12,18H,13-16H2,1H3. The van der Waals surface area contributed by atoms with E-state index >= 15 is 0 Å². The lowest BCUT2D eigenvalue weighted by Crippen LogP contribution is -2.38. The maximum absolute atomic E-state index is 13.1. The molecule has 3 aromatic rings. The third-order valence-corrected chi connectivity index (χ3v) is 5.39. The third kappa shape index (κ3) is 3.05. The SMILES string of the molecule is COc1ccc(C(=O)N2CCC(c3ccccc3)CC2)c2ccccc12. The van der Waals surface area contributed by atoms with Crippen LogP contribution < -0.4 is 4.74 Å². The highest BCUT2D eigenvalue weighted by Crippen LogP contribution is 2.32. The first-order valence-electron chi connectivity index (χ1n) is 9.18. The fourth-order valence-corrected chi connectivity index (χ4v) is 3.95. The molecule has 0 aliphatic carbocycles. The number of piperidine rings is 1. The summed E-state index contributed by atoms with van der Waals surface area (Å²) in [5.41, 5.74) is 2.15. The third-order valence-electron chi connectivity index (χ3n) is 5.39. The Morgan fingerprint density at radius 2 is 1.54 bits per heavy atom. The number of methoxy groups -OCH3 is 1. The summed E-state index contributed by atoms with van der Waals surface area (Å²) in [5.74, 6) is 1.48. The number of fused-ring (bicyclic) bond motifs is 1. The molecule has 0 aromatic heterocycles. The van der Waals surface area contributed by atoms with Gasteiger partial charge in [-0.15, -0.1) is 0 Å². The number of ether oxygens (including phenoxy) is 1. The van der Waals surface area contributed by atoms with Gasteiger partial charge in [-0.3, -0.25) is 4.79 Å². The van der Waals surface area contributed by atoms with Crippen molar-refractivity contribution in [3.63, 3.8) is 0 Å². The lowest BCUT2D eigenvalue weighted by molar-refractivity contribution is 0.0715. The summed E-state index contributed by atoms with van der Waals surface area (Å²) >= 11 is 0. The Labute approximate surface area is 154 Å². The molecule has 1 heterocycles. The predicted octanol–water partition coefficient (Wildman–Crippen LogP) is 4.87. The molecule has 0 atom stereocenters. The van der Waals surface area contributed by atoms with E-state index in [4.69, 9.17) is 4.74 Å². The normalized spacial score (nSPS) is 15.2. The van der Waals surface area contributed by atoms with Crippen molar-refractivity contribution in [1.29, 1.82) is 0 Å².